The highest BCUT2D eigenvalue weighted by Gasteiger charge is 2.25. The molecule has 1 fully saturated rings. The minimum absolute atomic E-state index is 0.0657. The van der Waals surface area contributed by atoms with Gasteiger partial charge in [-0.2, -0.15) is 0 Å². The molecule has 0 aliphatic carbocycles. The third-order valence-corrected chi connectivity index (χ3v) is 3.66. The van der Waals surface area contributed by atoms with Crippen LogP contribution in [0.15, 0.2) is 18.2 Å². The van der Waals surface area contributed by atoms with Gasteiger partial charge in [0.15, 0.2) is 0 Å². The van der Waals surface area contributed by atoms with Crippen LogP contribution in [0.3, 0.4) is 0 Å². The maximum absolute atomic E-state index is 14.0. The van der Waals surface area contributed by atoms with Crippen molar-refractivity contribution >= 4 is 0 Å². The first-order chi connectivity index (χ1) is 9.11. The highest BCUT2D eigenvalue weighted by atomic mass is 19.1. The number of nitrogens with zero attached hydrogens (tertiary/aromatic N) is 1. The van der Waals surface area contributed by atoms with Crippen molar-refractivity contribution < 1.29 is 9.13 Å². The van der Waals surface area contributed by atoms with E-state index >= 15 is 0 Å². The van der Waals surface area contributed by atoms with Crippen molar-refractivity contribution in [1.29, 1.82) is 0 Å². The number of benzene rings is 1. The lowest BCUT2D eigenvalue weighted by molar-refractivity contribution is 0.0608. The van der Waals surface area contributed by atoms with Crippen LogP contribution >= 0.6 is 0 Å². The average molecular weight is 266 g/mol. The standard InChI is InChI=1S/C15H23FN2O/c1-11-4-5-14(16)13(8-11)15(9-17)18-6-3-7-19-12(2)10-18/h4-5,8,12,15H,3,6-7,9-10,17H2,1-2H3. The van der Waals surface area contributed by atoms with Gasteiger partial charge in [0.05, 0.1) is 12.1 Å². The molecular weight excluding hydrogens is 243 g/mol. The number of nitrogens with two attached hydrogens (primary N) is 1. The van der Waals surface area contributed by atoms with Gasteiger partial charge in [0.1, 0.15) is 5.82 Å². The van der Waals surface area contributed by atoms with E-state index in [2.05, 4.69) is 11.8 Å². The lowest BCUT2D eigenvalue weighted by Gasteiger charge is -2.31. The lowest BCUT2D eigenvalue weighted by atomic mass is 10.0. The van der Waals surface area contributed by atoms with Gasteiger partial charge in [0, 0.05) is 31.8 Å². The smallest absolute Gasteiger partial charge is 0.128 e. The van der Waals surface area contributed by atoms with Crippen LogP contribution in [-0.4, -0.2) is 37.2 Å². The second-order valence-electron chi connectivity index (χ2n) is 5.31. The van der Waals surface area contributed by atoms with Gasteiger partial charge in [-0.3, -0.25) is 4.90 Å². The van der Waals surface area contributed by atoms with E-state index in [4.69, 9.17) is 10.5 Å². The Kier molecular flexibility index (Phi) is 4.91. The molecular formula is C15H23FN2O. The van der Waals surface area contributed by atoms with Gasteiger partial charge in [-0.15, -0.1) is 0 Å². The van der Waals surface area contributed by atoms with Gasteiger partial charge in [0.2, 0.25) is 0 Å². The number of rotatable bonds is 3. The van der Waals surface area contributed by atoms with Crippen LogP contribution < -0.4 is 5.73 Å². The molecule has 1 aliphatic rings. The first-order valence-electron chi connectivity index (χ1n) is 6.93. The Morgan fingerprint density at radius 1 is 1.53 bits per heavy atom. The van der Waals surface area contributed by atoms with Crippen LogP contribution in [0, 0.1) is 12.7 Å². The third-order valence-electron chi connectivity index (χ3n) is 3.66. The molecule has 0 amide bonds. The van der Waals surface area contributed by atoms with E-state index in [9.17, 15) is 4.39 Å². The number of hydrogen-bond donors (Lipinski definition) is 1. The quantitative estimate of drug-likeness (QED) is 0.912. The van der Waals surface area contributed by atoms with Crippen LogP contribution in [0.1, 0.15) is 30.5 Å². The molecule has 19 heavy (non-hydrogen) atoms. The Hall–Kier alpha value is -0.970. The normalized spacial score (nSPS) is 23.1. The highest BCUT2D eigenvalue weighted by molar-refractivity contribution is 5.27. The highest BCUT2D eigenvalue weighted by Crippen LogP contribution is 2.25. The zero-order valence-electron chi connectivity index (χ0n) is 11.7. The fourth-order valence-electron chi connectivity index (χ4n) is 2.70. The van der Waals surface area contributed by atoms with Crippen molar-refractivity contribution in [1.82, 2.24) is 4.90 Å². The molecule has 1 heterocycles. The topological polar surface area (TPSA) is 38.5 Å². The second-order valence-corrected chi connectivity index (χ2v) is 5.31. The molecule has 0 aromatic heterocycles. The molecule has 1 aliphatic heterocycles. The summed E-state index contributed by atoms with van der Waals surface area (Å²) in [5.74, 6) is -0.168. The first-order valence-corrected chi connectivity index (χ1v) is 6.93. The summed E-state index contributed by atoms with van der Waals surface area (Å²) in [6, 6.07) is 5.17. The van der Waals surface area contributed by atoms with E-state index in [0.29, 0.717) is 12.1 Å². The summed E-state index contributed by atoms with van der Waals surface area (Å²) >= 11 is 0. The molecule has 1 aromatic rings. The summed E-state index contributed by atoms with van der Waals surface area (Å²) in [7, 11) is 0. The molecule has 2 atom stereocenters. The van der Waals surface area contributed by atoms with Crippen LogP contribution in [0.5, 0.6) is 0 Å². The number of hydrogen-bond acceptors (Lipinski definition) is 3. The molecule has 2 unspecified atom stereocenters. The van der Waals surface area contributed by atoms with Gasteiger partial charge < -0.3 is 10.5 Å². The van der Waals surface area contributed by atoms with Crippen molar-refractivity contribution in [2.24, 2.45) is 5.73 Å². The Bertz CT molecular complexity index is 425. The van der Waals surface area contributed by atoms with Crippen molar-refractivity contribution in [2.75, 3.05) is 26.2 Å². The largest absolute Gasteiger partial charge is 0.377 e. The third kappa shape index (κ3) is 3.53. The number of aryl methyl sites for hydroxylation is 1. The van der Waals surface area contributed by atoms with E-state index < -0.39 is 0 Å². The zero-order chi connectivity index (χ0) is 13.8. The van der Waals surface area contributed by atoms with Crippen LogP contribution in [-0.2, 0) is 4.74 Å². The van der Waals surface area contributed by atoms with E-state index in [-0.39, 0.29) is 18.0 Å². The Morgan fingerprint density at radius 2 is 2.32 bits per heavy atom. The molecule has 1 aromatic carbocycles. The Morgan fingerprint density at radius 3 is 3.05 bits per heavy atom. The molecule has 1 saturated heterocycles. The van der Waals surface area contributed by atoms with Crippen LogP contribution in [0.2, 0.25) is 0 Å². The van der Waals surface area contributed by atoms with Crippen molar-refractivity contribution in [3.05, 3.63) is 35.1 Å². The van der Waals surface area contributed by atoms with Gasteiger partial charge in [0.25, 0.3) is 0 Å². The SMILES string of the molecule is Cc1ccc(F)c(C(CN)N2CCCOC(C)C2)c1. The number of halogens is 1. The minimum atomic E-state index is -0.168. The van der Waals surface area contributed by atoms with Crippen LogP contribution in [0.25, 0.3) is 0 Å². The molecule has 2 N–H and O–H groups in total. The predicted molar refractivity (Wildman–Crippen MR) is 74.5 cm³/mol. The van der Waals surface area contributed by atoms with Crippen LogP contribution in [0.4, 0.5) is 4.39 Å². The molecule has 4 heteroatoms. The van der Waals surface area contributed by atoms with E-state index in [1.54, 1.807) is 6.07 Å². The zero-order valence-corrected chi connectivity index (χ0v) is 11.7. The minimum Gasteiger partial charge on any atom is -0.377 e. The molecule has 106 valence electrons. The average Bonchev–Trinajstić information content (AvgIpc) is 2.59. The second kappa shape index (κ2) is 6.46. The maximum Gasteiger partial charge on any atom is 0.128 e. The van der Waals surface area contributed by atoms with Gasteiger partial charge >= 0.3 is 0 Å². The van der Waals surface area contributed by atoms with Gasteiger partial charge in [-0.05, 0) is 26.3 Å². The monoisotopic (exact) mass is 266 g/mol. The molecule has 0 saturated carbocycles. The van der Waals surface area contributed by atoms with E-state index in [1.165, 1.54) is 6.07 Å². The van der Waals surface area contributed by atoms with Gasteiger partial charge in [-0.25, -0.2) is 4.39 Å². The fourth-order valence-corrected chi connectivity index (χ4v) is 2.70. The summed E-state index contributed by atoms with van der Waals surface area (Å²) < 4.78 is 19.7. The lowest BCUT2D eigenvalue weighted by Crippen LogP contribution is -2.38. The summed E-state index contributed by atoms with van der Waals surface area (Å²) in [6.45, 7) is 6.93. The van der Waals surface area contributed by atoms with E-state index in [1.807, 2.05) is 13.0 Å². The summed E-state index contributed by atoms with van der Waals surface area (Å²) in [5.41, 5.74) is 7.67. The summed E-state index contributed by atoms with van der Waals surface area (Å²) in [4.78, 5) is 2.25. The first kappa shape index (κ1) is 14.4. The Balaban J connectivity index is 2.25. The molecule has 0 bridgehead atoms. The molecule has 2 rings (SSSR count). The molecule has 3 nitrogen and oxygen atoms in total. The summed E-state index contributed by atoms with van der Waals surface area (Å²) in [5, 5.41) is 0. The van der Waals surface area contributed by atoms with Crippen molar-refractivity contribution in [3.63, 3.8) is 0 Å². The molecule has 0 spiro atoms. The van der Waals surface area contributed by atoms with Crippen molar-refractivity contribution in [2.45, 2.75) is 32.4 Å². The number of ether oxygens (including phenoxy) is 1. The van der Waals surface area contributed by atoms with Gasteiger partial charge in [-0.1, -0.05) is 17.7 Å². The predicted octanol–water partition coefficient (Wildman–Crippen LogP) is 2.24. The maximum atomic E-state index is 14.0. The Labute approximate surface area is 114 Å². The van der Waals surface area contributed by atoms with Crippen molar-refractivity contribution in [3.8, 4) is 0 Å². The fraction of sp³-hybridized carbons (Fsp3) is 0.600. The van der Waals surface area contributed by atoms with E-state index in [0.717, 1.165) is 31.7 Å². The summed E-state index contributed by atoms with van der Waals surface area (Å²) in [6.07, 6.45) is 1.14. The molecule has 0 radical (unpaired) electrons.